The molecule has 0 aliphatic rings. The standard InChI is InChI=1S/C31H38ClN3O5S/c1-5-7-19-33-31(37)27(6-2)34(21-24-15-13-23(3)14-16-24)30(36)22-35(28-20-25(32)17-18-29(28)40-4)41(38,39)26-11-9-8-10-12-26/h8-18,20,27H,5-7,19,21-22H2,1-4H3,(H,33,37)/t27-/m1/s1. The van der Waals surface area contributed by atoms with Crippen LogP contribution >= 0.6 is 11.6 Å². The van der Waals surface area contributed by atoms with Gasteiger partial charge in [0.1, 0.15) is 18.3 Å². The van der Waals surface area contributed by atoms with Crippen LogP contribution in [0.4, 0.5) is 5.69 Å². The molecule has 0 saturated carbocycles. The predicted molar refractivity (Wildman–Crippen MR) is 163 cm³/mol. The second kappa shape index (κ2) is 14.9. The monoisotopic (exact) mass is 599 g/mol. The average molecular weight is 600 g/mol. The summed E-state index contributed by atoms with van der Waals surface area (Å²) in [6.07, 6.45) is 2.07. The van der Waals surface area contributed by atoms with E-state index < -0.39 is 28.5 Å². The van der Waals surface area contributed by atoms with E-state index in [1.165, 1.54) is 30.2 Å². The lowest BCUT2D eigenvalue weighted by Gasteiger charge is -2.33. The van der Waals surface area contributed by atoms with Gasteiger partial charge in [0.2, 0.25) is 11.8 Å². The summed E-state index contributed by atoms with van der Waals surface area (Å²) >= 11 is 6.28. The number of hydrogen-bond acceptors (Lipinski definition) is 5. The number of rotatable bonds is 14. The van der Waals surface area contributed by atoms with Crippen molar-refractivity contribution in [3.8, 4) is 5.75 Å². The van der Waals surface area contributed by atoms with Gasteiger partial charge in [-0.1, -0.05) is 79.9 Å². The number of ether oxygens (including phenoxy) is 1. The fraction of sp³-hybridized carbons (Fsp3) is 0.355. The van der Waals surface area contributed by atoms with Crippen molar-refractivity contribution >= 4 is 39.1 Å². The molecule has 3 aromatic rings. The van der Waals surface area contributed by atoms with E-state index in [2.05, 4.69) is 5.32 Å². The summed E-state index contributed by atoms with van der Waals surface area (Å²) in [4.78, 5) is 28.9. The number of carbonyl (C=O) groups excluding carboxylic acids is 2. The summed E-state index contributed by atoms with van der Waals surface area (Å²) in [6, 6.07) is 19.3. The van der Waals surface area contributed by atoms with Gasteiger partial charge in [-0.15, -0.1) is 0 Å². The number of sulfonamides is 1. The Hall–Kier alpha value is -3.56. The third-order valence-corrected chi connectivity index (χ3v) is 8.72. The topological polar surface area (TPSA) is 96.0 Å². The SMILES string of the molecule is CCCCNC(=O)[C@@H](CC)N(Cc1ccc(C)cc1)C(=O)CN(c1cc(Cl)ccc1OC)S(=O)(=O)c1ccccc1. The molecule has 2 amide bonds. The van der Waals surface area contributed by atoms with Crippen molar-refractivity contribution in [1.29, 1.82) is 0 Å². The van der Waals surface area contributed by atoms with Gasteiger partial charge in [-0.05, 0) is 55.7 Å². The second-order valence-corrected chi connectivity index (χ2v) is 12.0. The molecule has 0 aliphatic heterocycles. The van der Waals surface area contributed by atoms with E-state index in [1.807, 2.05) is 45.0 Å². The summed E-state index contributed by atoms with van der Waals surface area (Å²) in [7, 11) is -2.82. The molecule has 10 heteroatoms. The number of unbranched alkanes of at least 4 members (excludes halogenated alkanes) is 1. The van der Waals surface area contributed by atoms with E-state index in [-0.39, 0.29) is 33.8 Å². The van der Waals surface area contributed by atoms with Crippen LogP contribution in [-0.4, -0.2) is 51.4 Å². The molecular weight excluding hydrogens is 562 g/mol. The van der Waals surface area contributed by atoms with Gasteiger partial charge in [0, 0.05) is 18.1 Å². The molecule has 3 rings (SSSR count). The van der Waals surface area contributed by atoms with Crippen molar-refractivity contribution in [3.05, 3.63) is 88.9 Å². The molecule has 0 aromatic heterocycles. The molecule has 3 aromatic carbocycles. The molecule has 0 spiro atoms. The van der Waals surface area contributed by atoms with E-state index in [9.17, 15) is 18.0 Å². The highest BCUT2D eigenvalue weighted by Crippen LogP contribution is 2.35. The number of hydrogen-bond donors (Lipinski definition) is 1. The van der Waals surface area contributed by atoms with Crippen LogP contribution in [-0.2, 0) is 26.2 Å². The number of nitrogens with one attached hydrogen (secondary N) is 1. The molecule has 8 nitrogen and oxygen atoms in total. The van der Waals surface area contributed by atoms with Crippen molar-refractivity contribution in [2.45, 2.75) is 57.5 Å². The maximum atomic E-state index is 14.2. The highest BCUT2D eigenvalue weighted by Gasteiger charge is 2.34. The normalized spacial score (nSPS) is 11.9. The highest BCUT2D eigenvalue weighted by atomic mass is 35.5. The van der Waals surface area contributed by atoms with Crippen LogP contribution in [0.2, 0.25) is 5.02 Å². The van der Waals surface area contributed by atoms with Crippen LogP contribution in [0.25, 0.3) is 0 Å². The average Bonchev–Trinajstić information content (AvgIpc) is 2.97. The Morgan fingerprint density at radius 2 is 1.68 bits per heavy atom. The van der Waals surface area contributed by atoms with Gasteiger partial charge in [-0.25, -0.2) is 8.42 Å². The van der Waals surface area contributed by atoms with Crippen LogP contribution in [0.1, 0.15) is 44.2 Å². The molecule has 0 bridgehead atoms. The molecule has 0 heterocycles. The van der Waals surface area contributed by atoms with Gasteiger partial charge in [0.05, 0.1) is 17.7 Å². The second-order valence-electron chi connectivity index (χ2n) is 9.72. The third-order valence-electron chi connectivity index (χ3n) is 6.71. The fourth-order valence-electron chi connectivity index (χ4n) is 4.41. The number of aryl methyl sites for hydroxylation is 1. The number of nitrogens with zero attached hydrogens (tertiary/aromatic N) is 2. The maximum Gasteiger partial charge on any atom is 0.264 e. The maximum absolute atomic E-state index is 14.2. The third kappa shape index (κ3) is 8.24. The Labute approximate surface area is 248 Å². The largest absolute Gasteiger partial charge is 0.495 e. The molecule has 220 valence electrons. The van der Waals surface area contributed by atoms with Crippen LogP contribution in [0.15, 0.2) is 77.7 Å². The van der Waals surface area contributed by atoms with Crippen LogP contribution in [0.3, 0.4) is 0 Å². The Kier molecular flexibility index (Phi) is 11.6. The first-order valence-electron chi connectivity index (χ1n) is 13.7. The fourth-order valence-corrected chi connectivity index (χ4v) is 6.01. The lowest BCUT2D eigenvalue weighted by atomic mass is 10.1. The molecule has 0 aliphatic carbocycles. The molecule has 0 unspecified atom stereocenters. The van der Waals surface area contributed by atoms with Gasteiger partial charge in [0.25, 0.3) is 10.0 Å². The van der Waals surface area contributed by atoms with E-state index >= 15 is 0 Å². The summed E-state index contributed by atoms with van der Waals surface area (Å²) in [6.45, 7) is 5.88. The summed E-state index contributed by atoms with van der Waals surface area (Å²) in [5.41, 5.74) is 2.00. The quantitative estimate of drug-likeness (QED) is 0.244. The number of anilines is 1. The number of methoxy groups -OCH3 is 1. The van der Waals surface area contributed by atoms with Crippen molar-refractivity contribution in [2.24, 2.45) is 0 Å². The minimum absolute atomic E-state index is 0.00395. The smallest absolute Gasteiger partial charge is 0.264 e. The number of amides is 2. The van der Waals surface area contributed by atoms with Gasteiger partial charge >= 0.3 is 0 Å². The molecule has 0 radical (unpaired) electrons. The van der Waals surface area contributed by atoms with E-state index in [0.717, 1.165) is 28.3 Å². The van der Waals surface area contributed by atoms with E-state index in [1.54, 1.807) is 30.3 Å². The first-order chi connectivity index (χ1) is 19.6. The molecule has 1 atom stereocenters. The Balaban J connectivity index is 2.08. The summed E-state index contributed by atoms with van der Waals surface area (Å²) in [5.74, 6) is -0.583. The minimum atomic E-state index is -4.23. The minimum Gasteiger partial charge on any atom is -0.495 e. The molecular formula is C31H38ClN3O5S. The zero-order chi connectivity index (χ0) is 30.0. The Bertz CT molecular complexity index is 1420. The summed E-state index contributed by atoms with van der Waals surface area (Å²) in [5, 5.41) is 3.21. The lowest BCUT2D eigenvalue weighted by molar-refractivity contribution is -0.140. The van der Waals surface area contributed by atoms with Crippen molar-refractivity contribution in [1.82, 2.24) is 10.2 Å². The first-order valence-corrected chi connectivity index (χ1v) is 15.5. The van der Waals surface area contributed by atoms with E-state index in [4.69, 9.17) is 16.3 Å². The molecule has 0 fully saturated rings. The van der Waals surface area contributed by atoms with E-state index in [0.29, 0.717) is 13.0 Å². The molecule has 1 N–H and O–H groups in total. The molecule has 0 saturated heterocycles. The Morgan fingerprint density at radius 1 is 1.00 bits per heavy atom. The first kappa shape index (κ1) is 32.0. The predicted octanol–water partition coefficient (Wildman–Crippen LogP) is 5.58. The van der Waals surface area contributed by atoms with Crippen molar-refractivity contribution < 1.29 is 22.7 Å². The van der Waals surface area contributed by atoms with Gasteiger partial charge < -0.3 is 15.0 Å². The zero-order valence-corrected chi connectivity index (χ0v) is 25.5. The number of carbonyl (C=O) groups is 2. The number of benzene rings is 3. The van der Waals surface area contributed by atoms with Crippen LogP contribution in [0, 0.1) is 6.92 Å². The van der Waals surface area contributed by atoms with Gasteiger partial charge in [-0.2, -0.15) is 0 Å². The highest BCUT2D eigenvalue weighted by molar-refractivity contribution is 7.92. The van der Waals surface area contributed by atoms with Crippen molar-refractivity contribution in [3.63, 3.8) is 0 Å². The van der Waals surface area contributed by atoms with Crippen molar-refractivity contribution in [2.75, 3.05) is 24.5 Å². The number of halogens is 1. The summed E-state index contributed by atoms with van der Waals surface area (Å²) < 4.78 is 34.5. The molecule has 41 heavy (non-hydrogen) atoms. The Morgan fingerprint density at radius 3 is 2.29 bits per heavy atom. The lowest BCUT2D eigenvalue weighted by Crippen LogP contribution is -2.52. The van der Waals surface area contributed by atoms with Gasteiger partial charge in [0.15, 0.2) is 0 Å². The van der Waals surface area contributed by atoms with Crippen LogP contribution < -0.4 is 14.4 Å². The van der Waals surface area contributed by atoms with Gasteiger partial charge in [-0.3, -0.25) is 13.9 Å². The zero-order valence-electron chi connectivity index (χ0n) is 24.0. The van der Waals surface area contributed by atoms with Crippen LogP contribution in [0.5, 0.6) is 5.75 Å².